The third kappa shape index (κ3) is 7.89. The molecule has 0 radical (unpaired) electrons. The summed E-state index contributed by atoms with van der Waals surface area (Å²) in [5, 5.41) is 11.1. The van der Waals surface area contributed by atoms with E-state index in [2.05, 4.69) is 43.0 Å². The van der Waals surface area contributed by atoms with Gasteiger partial charge in [0.05, 0.1) is 6.10 Å². The molecule has 212 valence electrons. The minimum absolute atomic E-state index is 0.0581. The molecular formula is C36H44O4. The summed E-state index contributed by atoms with van der Waals surface area (Å²) in [6, 6.07) is 16.2. The van der Waals surface area contributed by atoms with Crippen LogP contribution in [0, 0.1) is 17.3 Å². The summed E-state index contributed by atoms with van der Waals surface area (Å²) in [5.74, 6) is 6.85. The van der Waals surface area contributed by atoms with Crippen molar-refractivity contribution in [3.8, 4) is 17.6 Å². The third-order valence-corrected chi connectivity index (χ3v) is 8.22. The van der Waals surface area contributed by atoms with E-state index >= 15 is 0 Å². The van der Waals surface area contributed by atoms with Gasteiger partial charge in [-0.3, -0.25) is 0 Å². The number of hydrogen-bond donors (Lipinski definition) is 1. The van der Waals surface area contributed by atoms with Crippen LogP contribution in [0.15, 0.2) is 72.8 Å². The molecule has 40 heavy (non-hydrogen) atoms. The third-order valence-electron chi connectivity index (χ3n) is 8.22. The van der Waals surface area contributed by atoms with E-state index in [1.165, 1.54) is 17.5 Å². The molecule has 0 heterocycles. The highest BCUT2D eigenvalue weighted by Gasteiger charge is 2.41. The fraction of sp³-hybridized carbons (Fsp3) is 0.472. The van der Waals surface area contributed by atoms with E-state index in [4.69, 9.17) is 9.47 Å². The molecule has 0 spiro atoms. The summed E-state index contributed by atoms with van der Waals surface area (Å²) in [4.78, 5) is 12.1. The number of carbonyl (C=O) groups is 1. The molecule has 0 saturated heterocycles. The number of fused-ring (bicyclic) bond motifs is 1. The van der Waals surface area contributed by atoms with E-state index in [1.54, 1.807) is 0 Å². The largest absolute Gasteiger partial charge is 0.482 e. The van der Waals surface area contributed by atoms with Gasteiger partial charge in [-0.25, -0.2) is 4.79 Å². The molecular weight excluding hydrogens is 496 g/mol. The van der Waals surface area contributed by atoms with Crippen LogP contribution in [0.2, 0.25) is 0 Å². The maximum absolute atomic E-state index is 12.1. The van der Waals surface area contributed by atoms with Crippen molar-refractivity contribution in [3.63, 3.8) is 0 Å². The van der Waals surface area contributed by atoms with E-state index in [0.717, 1.165) is 50.5 Å². The second-order valence-corrected chi connectivity index (χ2v) is 12.5. The van der Waals surface area contributed by atoms with Gasteiger partial charge in [-0.15, -0.1) is 0 Å². The van der Waals surface area contributed by atoms with Crippen molar-refractivity contribution in [2.75, 3.05) is 6.61 Å². The number of hydrogen-bond acceptors (Lipinski definition) is 4. The van der Waals surface area contributed by atoms with Crippen LogP contribution in [0.1, 0.15) is 89.3 Å². The van der Waals surface area contributed by atoms with Crippen LogP contribution < -0.4 is 4.74 Å². The fourth-order valence-corrected chi connectivity index (χ4v) is 5.83. The quantitative estimate of drug-likeness (QED) is 0.204. The van der Waals surface area contributed by atoms with E-state index in [0.29, 0.717) is 5.75 Å². The van der Waals surface area contributed by atoms with Crippen LogP contribution in [0.4, 0.5) is 0 Å². The Morgan fingerprint density at radius 1 is 1.07 bits per heavy atom. The van der Waals surface area contributed by atoms with Crippen molar-refractivity contribution >= 4 is 5.97 Å². The normalized spacial score (nSPS) is 20.7. The first kappa shape index (κ1) is 29.7. The lowest BCUT2D eigenvalue weighted by molar-refractivity contribution is -0.157. The molecule has 2 unspecified atom stereocenters. The van der Waals surface area contributed by atoms with Gasteiger partial charge in [0.2, 0.25) is 0 Å². The molecule has 0 bridgehead atoms. The highest BCUT2D eigenvalue weighted by Crippen LogP contribution is 2.48. The number of aliphatic hydroxyl groups excluding tert-OH is 1. The number of esters is 1. The molecule has 4 nitrogen and oxygen atoms in total. The Balaban J connectivity index is 1.37. The van der Waals surface area contributed by atoms with Crippen molar-refractivity contribution in [3.05, 3.63) is 89.5 Å². The molecule has 4 heteroatoms. The first-order valence-corrected chi connectivity index (χ1v) is 14.6. The van der Waals surface area contributed by atoms with Crippen molar-refractivity contribution in [2.45, 2.75) is 96.2 Å². The molecule has 1 fully saturated rings. The minimum atomic E-state index is -0.532. The van der Waals surface area contributed by atoms with Gasteiger partial charge in [-0.1, -0.05) is 73.8 Å². The highest BCUT2D eigenvalue weighted by atomic mass is 16.6. The first-order chi connectivity index (χ1) is 19.1. The second kappa shape index (κ2) is 12.9. The van der Waals surface area contributed by atoms with Gasteiger partial charge in [0.15, 0.2) is 6.61 Å². The van der Waals surface area contributed by atoms with Crippen LogP contribution in [0.5, 0.6) is 5.75 Å². The van der Waals surface area contributed by atoms with Crippen LogP contribution in [-0.4, -0.2) is 29.4 Å². The summed E-state index contributed by atoms with van der Waals surface area (Å²) >= 11 is 0. The maximum atomic E-state index is 12.1. The van der Waals surface area contributed by atoms with Crippen molar-refractivity contribution in [1.82, 2.24) is 0 Å². The lowest BCUT2D eigenvalue weighted by Gasteiger charge is -2.44. The Morgan fingerprint density at radius 3 is 2.55 bits per heavy atom. The van der Waals surface area contributed by atoms with E-state index < -0.39 is 11.7 Å². The molecule has 1 N–H and O–H groups in total. The Bertz CT molecular complexity index is 1270. The molecule has 2 atom stereocenters. The van der Waals surface area contributed by atoms with Crippen LogP contribution in [0.3, 0.4) is 0 Å². The van der Waals surface area contributed by atoms with Crippen molar-refractivity contribution in [2.24, 2.45) is 5.41 Å². The lowest BCUT2D eigenvalue weighted by atomic mass is 9.62. The van der Waals surface area contributed by atoms with E-state index in [1.807, 2.05) is 69.3 Å². The number of rotatable bonds is 9. The molecule has 2 aromatic carbocycles. The molecule has 0 amide bonds. The van der Waals surface area contributed by atoms with Gasteiger partial charge in [-0.2, -0.15) is 0 Å². The first-order valence-electron chi connectivity index (χ1n) is 14.6. The number of ether oxygens (including phenoxy) is 2. The van der Waals surface area contributed by atoms with E-state index in [9.17, 15) is 9.90 Å². The van der Waals surface area contributed by atoms with Crippen molar-refractivity contribution < 1.29 is 19.4 Å². The van der Waals surface area contributed by atoms with Gasteiger partial charge in [-0.05, 0) is 94.7 Å². The van der Waals surface area contributed by atoms with Crippen molar-refractivity contribution in [1.29, 1.82) is 0 Å². The summed E-state index contributed by atoms with van der Waals surface area (Å²) in [6.45, 7) is 7.69. The molecule has 4 rings (SSSR count). The fourth-order valence-electron chi connectivity index (χ4n) is 5.83. The zero-order chi connectivity index (χ0) is 28.6. The standard InChI is InChI=1S/C36H44O4/c1-34(2,3)40-33(38)27-39-30-20-19-29-17-12-22-35(4,31(29)26-30)21-10-9-18-32(37)36(24-13-25-36)23-11-8-16-28-14-6-5-7-15-28/h5-7,9-10,14-15,18-21,26,32,37H,11-13,17,22-25,27H2,1-4H3/b18-9+,21-10+. The van der Waals surface area contributed by atoms with Crippen LogP contribution in [-0.2, 0) is 21.4 Å². The predicted molar refractivity (Wildman–Crippen MR) is 161 cm³/mol. The molecule has 0 aliphatic heterocycles. The number of carbonyl (C=O) groups excluding carboxylic acids is 1. The Kier molecular flexibility index (Phi) is 9.59. The Morgan fingerprint density at radius 2 is 1.85 bits per heavy atom. The average molecular weight is 541 g/mol. The lowest BCUT2D eigenvalue weighted by Crippen LogP contribution is -2.40. The smallest absolute Gasteiger partial charge is 0.344 e. The second-order valence-electron chi connectivity index (χ2n) is 12.5. The van der Waals surface area contributed by atoms with E-state index in [-0.39, 0.29) is 23.4 Å². The van der Waals surface area contributed by atoms with Crippen LogP contribution >= 0.6 is 0 Å². The number of allylic oxidation sites excluding steroid dienone is 3. The minimum Gasteiger partial charge on any atom is -0.482 e. The predicted octanol–water partition coefficient (Wildman–Crippen LogP) is 7.48. The van der Waals surface area contributed by atoms with Gasteiger partial charge in [0, 0.05) is 22.8 Å². The summed E-state index contributed by atoms with van der Waals surface area (Å²) in [5.41, 5.74) is 2.85. The zero-order valence-electron chi connectivity index (χ0n) is 24.5. The molecule has 2 aliphatic rings. The van der Waals surface area contributed by atoms with Gasteiger partial charge in [0.1, 0.15) is 11.4 Å². The molecule has 2 aliphatic carbocycles. The van der Waals surface area contributed by atoms with Crippen LogP contribution in [0.25, 0.3) is 0 Å². The Labute approximate surface area is 240 Å². The molecule has 1 saturated carbocycles. The summed E-state index contributed by atoms with van der Waals surface area (Å²) < 4.78 is 11.2. The van der Waals surface area contributed by atoms with Gasteiger partial charge in [0.25, 0.3) is 0 Å². The number of aliphatic hydroxyl groups is 1. The van der Waals surface area contributed by atoms with Gasteiger partial charge >= 0.3 is 5.97 Å². The zero-order valence-corrected chi connectivity index (χ0v) is 24.5. The average Bonchev–Trinajstić information content (AvgIpc) is 2.89. The van der Waals surface area contributed by atoms with Gasteiger partial charge < -0.3 is 14.6 Å². The molecule has 2 aromatic rings. The SMILES string of the molecule is CC(C)(C)OC(=O)COc1ccc2c(c1)C(C)(/C=C/C=C/C(O)C1(CCC#Cc3ccccc3)CCC1)CCC2. The Hall–Kier alpha value is -3.29. The topological polar surface area (TPSA) is 55.8 Å². The summed E-state index contributed by atoms with van der Waals surface area (Å²) in [7, 11) is 0. The number of benzene rings is 2. The number of aryl methyl sites for hydroxylation is 1. The highest BCUT2D eigenvalue weighted by molar-refractivity contribution is 5.71. The summed E-state index contributed by atoms with van der Waals surface area (Å²) in [6.07, 6.45) is 16.0. The monoisotopic (exact) mass is 540 g/mol. The molecule has 0 aromatic heterocycles. The maximum Gasteiger partial charge on any atom is 0.344 e.